The Kier molecular flexibility index (Phi) is 5.58. The number of carboxylic acid groups (broad SMARTS) is 1. The van der Waals surface area contributed by atoms with E-state index in [0.29, 0.717) is 24.6 Å². The second kappa shape index (κ2) is 8.07. The number of ether oxygens (including phenoxy) is 1. The standard InChI is InChI=1S/C18H24N6O3/c1-11(2)16-22-23-17-15(19-8-4-5-9-20-18(25)26)21-13-10-12(27-3)6-7-14(13)24(16)17/h6-7,10-11,20H,4-5,8-9H2,1-3H3,(H,19,21)(H,25,26). The maximum Gasteiger partial charge on any atom is 0.404 e. The molecule has 9 nitrogen and oxygen atoms in total. The van der Waals surface area contributed by atoms with E-state index in [-0.39, 0.29) is 5.92 Å². The van der Waals surface area contributed by atoms with E-state index in [4.69, 9.17) is 14.8 Å². The summed E-state index contributed by atoms with van der Waals surface area (Å²) in [6.45, 7) is 5.24. The van der Waals surface area contributed by atoms with Gasteiger partial charge in [0.25, 0.3) is 0 Å². The molecule has 0 aliphatic heterocycles. The highest BCUT2D eigenvalue weighted by Gasteiger charge is 2.17. The Morgan fingerprint density at radius 1 is 1.26 bits per heavy atom. The van der Waals surface area contributed by atoms with E-state index >= 15 is 0 Å². The van der Waals surface area contributed by atoms with Gasteiger partial charge in [0, 0.05) is 25.1 Å². The molecule has 0 saturated carbocycles. The number of carbonyl (C=O) groups is 1. The summed E-state index contributed by atoms with van der Waals surface area (Å²) in [4.78, 5) is 15.2. The van der Waals surface area contributed by atoms with Gasteiger partial charge in [-0.1, -0.05) is 13.8 Å². The predicted octanol–water partition coefficient (Wildman–Crippen LogP) is 2.87. The van der Waals surface area contributed by atoms with Crippen molar-refractivity contribution in [2.75, 3.05) is 25.5 Å². The Bertz CT molecular complexity index is 953. The lowest BCUT2D eigenvalue weighted by molar-refractivity contribution is 0.194. The van der Waals surface area contributed by atoms with Crippen LogP contribution >= 0.6 is 0 Å². The van der Waals surface area contributed by atoms with Crippen molar-refractivity contribution in [1.82, 2.24) is 24.9 Å². The average Bonchev–Trinajstić information content (AvgIpc) is 3.09. The second-order valence-corrected chi connectivity index (χ2v) is 6.55. The predicted molar refractivity (Wildman–Crippen MR) is 103 cm³/mol. The zero-order valence-electron chi connectivity index (χ0n) is 15.7. The average molecular weight is 372 g/mol. The summed E-state index contributed by atoms with van der Waals surface area (Å²) in [6, 6.07) is 5.75. The first-order chi connectivity index (χ1) is 13.0. The number of benzene rings is 1. The largest absolute Gasteiger partial charge is 0.497 e. The number of aromatic nitrogens is 4. The molecule has 0 bridgehead atoms. The lowest BCUT2D eigenvalue weighted by Gasteiger charge is -2.12. The first-order valence-electron chi connectivity index (χ1n) is 8.94. The summed E-state index contributed by atoms with van der Waals surface area (Å²) in [7, 11) is 1.63. The topological polar surface area (TPSA) is 114 Å². The summed E-state index contributed by atoms with van der Waals surface area (Å²) in [5, 5.41) is 22.9. The minimum atomic E-state index is -1.00. The maximum absolute atomic E-state index is 10.5. The highest BCUT2D eigenvalue weighted by atomic mass is 16.5. The quantitative estimate of drug-likeness (QED) is 0.521. The van der Waals surface area contributed by atoms with Crippen molar-refractivity contribution >= 4 is 28.6 Å². The summed E-state index contributed by atoms with van der Waals surface area (Å²) < 4.78 is 7.35. The van der Waals surface area contributed by atoms with Gasteiger partial charge < -0.3 is 20.5 Å². The molecule has 0 unspecified atom stereocenters. The lowest BCUT2D eigenvalue weighted by atomic mass is 10.2. The highest BCUT2D eigenvalue weighted by Crippen LogP contribution is 2.27. The number of hydrogen-bond donors (Lipinski definition) is 3. The summed E-state index contributed by atoms with van der Waals surface area (Å²) in [5.74, 6) is 2.47. The van der Waals surface area contributed by atoms with Crippen molar-refractivity contribution in [1.29, 1.82) is 0 Å². The zero-order valence-corrected chi connectivity index (χ0v) is 15.7. The van der Waals surface area contributed by atoms with Gasteiger partial charge in [0.2, 0.25) is 5.65 Å². The molecule has 1 amide bonds. The number of fused-ring (bicyclic) bond motifs is 3. The molecule has 2 heterocycles. The molecule has 3 rings (SSSR count). The minimum Gasteiger partial charge on any atom is -0.497 e. The van der Waals surface area contributed by atoms with Gasteiger partial charge in [0.05, 0.1) is 18.1 Å². The minimum absolute atomic E-state index is 0.211. The Balaban J connectivity index is 1.90. The first kappa shape index (κ1) is 18.7. The van der Waals surface area contributed by atoms with E-state index in [1.165, 1.54) is 0 Å². The highest BCUT2D eigenvalue weighted by molar-refractivity contribution is 5.84. The van der Waals surface area contributed by atoms with Crippen LogP contribution in [0.4, 0.5) is 10.6 Å². The zero-order chi connectivity index (χ0) is 19.4. The molecule has 0 radical (unpaired) electrons. The van der Waals surface area contributed by atoms with Gasteiger partial charge in [-0.3, -0.25) is 4.40 Å². The monoisotopic (exact) mass is 372 g/mol. The number of amides is 1. The third kappa shape index (κ3) is 4.02. The molecule has 3 N–H and O–H groups in total. The van der Waals surface area contributed by atoms with Crippen LogP contribution in [0.3, 0.4) is 0 Å². The lowest BCUT2D eigenvalue weighted by Crippen LogP contribution is -2.22. The number of anilines is 1. The molecule has 1 aromatic carbocycles. The molecule has 0 fully saturated rings. The fraction of sp³-hybridized carbons (Fsp3) is 0.444. The smallest absolute Gasteiger partial charge is 0.404 e. The van der Waals surface area contributed by atoms with Gasteiger partial charge >= 0.3 is 6.09 Å². The Morgan fingerprint density at radius 3 is 2.74 bits per heavy atom. The van der Waals surface area contributed by atoms with Crippen LogP contribution in [-0.4, -0.2) is 51.0 Å². The van der Waals surface area contributed by atoms with Crippen molar-refractivity contribution in [3.05, 3.63) is 24.0 Å². The molecular weight excluding hydrogens is 348 g/mol. The number of nitrogens with one attached hydrogen (secondary N) is 2. The first-order valence-corrected chi connectivity index (χ1v) is 8.94. The molecule has 0 aliphatic rings. The van der Waals surface area contributed by atoms with Gasteiger partial charge in [-0.2, -0.15) is 0 Å². The number of nitrogens with zero attached hydrogens (tertiary/aromatic N) is 4. The van der Waals surface area contributed by atoms with E-state index in [1.807, 2.05) is 22.6 Å². The summed E-state index contributed by atoms with van der Waals surface area (Å²) in [6.07, 6.45) is 0.538. The number of methoxy groups -OCH3 is 1. The SMILES string of the molecule is COc1ccc2c(c1)nc(NCCCCNC(=O)O)c1nnc(C(C)C)n12. The van der Waals surface area contributed by atoms with Crippen LogP contribution in [0.1, 0.15) is 38.4 Å². The van der Waals surface area contributed by atoms with Crippen LogP contribution in [0.25, 0.3) is 16.7 Å². The van der Waals surface area contributed by atoms with E-state index in [9.17, 15) is 4.79 Å². The fourth-order valence-electron chi connectivity index (χ4n) is 2.91. The van der Waals surface area contributed by atoms with Crippen molar-refractivity contribution in [2.24, 2.45) is 0 Å². The molecule has 27 heavy (non-hydrogen) atoms. The maximum atomic E-state index is 10.5. The summed E-state index contributed by atoms with van der Waals surface area (Å²) in [5.41, 5.74) is 2.40. The molecule has 0 spiro atoms. The van der Waals surface area contributed by atoms with E-state index < -0.39 is 6.09 Å². The molecule has 2 aromatic heterocycles. The molecule has 9 heteroatoms. The molecule has 0 atom stereocenters. The third-order valence-electron chi connectivity index (χ3n) is 4.24. The Labute approximate surface area is 156 Å². The molecule has 0 aliphatic carbocycles. The van der Waals surface area contributed by atoms with E-state index in [2.05, 4.69) is 34.7 Å². The van der Waals surface area contributed by atoms with Crippen LogP contribution in [0.15, 0.2) is 18.2 Å². The van der Waals surface area contributed by atoms with Crippen molar-refractivity contribution in [2.45, 2.75) is 32.6 Å². The Hall–Kier alpha value is -3.10. The van der Waals surface area contributed by atoms with Crippen LogP contribution in [-0.2, 0) is 0 Å². The Morgan fingerprint density at radius 2 is 2.04 bits per heavy atom. The van der Waals surface area contributed by atoms with Crippen LogP contribution in [0.2, 0.25) is 0 Å². The second-order valence-electron chi connectivity index (χ2n) is 6.55. The van der Waals surface area contributed by atoms with Gasteiger partial charge in [0.1, 0.15) is 11.6 Å². The van der Waals surface area contributed by atoms with Crippen molar-refractivity contribution in [3.8, 4) is 5.75 Å². The third-order valence-corrected chi connectivity index (χ3v) is 4.24. The van der Waals surface area contributed by atoms with Gasteiger partial charge in [-0.25, -0.2) is 9.78 Å². The van der Waals surface area contributed by atoms with Crippen molar-refractivity contribution in [3.63, 3.8) is 0 Å². The number of unbranched alkanes of at least 4 members (excludes halogenated alkanes) is 1. The van der Waals surface area contributed by atoms with E-state index in [1.54, 1.807) is 7.11 Å². The normalized spacial score (nSPS) is 11.3. The van der Waals surface area contributed by atoms with Crippen LogP contribution in [0.5, 0.6) is 5.75 Å². The summed E-state index contributed by atoms with van der Waals surface area (Å²) >= 11 is 0. The van der Waals surface area contributed by atoms with Gasteiger partial charge in [-0.05, 0) is 25.0 Å². The molecule has 3 aromatic rings. The van der Waals surface area contributed by atoms with Crippen LogP contribution < -0.4 is 15.4 Å². The molecule has 144 valence electrons. The van der Waals surface area contributed by atoms with Crippen molar-refractivity contribution < 1.29 is 14.6 Å². The fourth-order valence-corrected chi connectivity index (χ4v) is 2.91. The van der Waals surface area contributed by atoms with Crippen LogP contribution in [0, 0.1) is 0 Å². The molecular formula is C18H24N6O3. The molecule has 0 saturated heterocycles. The van der Waals surface area contributed by atoms with Gasteiger partial charge in [0.15, 0.2) is 5.82 Å². The number of rotatable bonds is 8. The van der Waals surface area contributed by atoms with Gasteiger partial charge in [-0.15, -0.1) is 10.2 Å². The number of hydrogen-bond acceptors (Lipinski definition) is 6. The van der Waals surface area contributed by atoms with E-state index in [0.717, 1.165) is 35.4 Å².